The second-order valence-electron chi connectivity index (χ2n) is 4.78. The van der Waals surface area contributed by atoms with E-state index in [9.17, 15) is 12.8 Å². The van der Waals surface area contributed by atoms with E-state index in [1.807, 2.05) is 0 Å². The number of nitrogens with one attached hydrogen (secondary N) is 1. The summed E-state index contributed by atoms with van der Waals surface area (Å²) in [5, 5.41) is 0. The molecule has 0 fully saturated rings. The molecule has 0 atom stereocenters. The van der Waals surface area contributed by atoms with Gasteiger partial charge in [-0.15, -0.1) is 0 Å². The van der Waals surface area contributed by atoms with E-state index in [4.69, 9.17) is 0 Å². The average Bonchev–Trinajstić information content (AvgIpc) is 2.46. The van der Waals surface area contributed by atoms with Crippen LogP contribution in [-0.2, 0) is 10.0 Å². The van der Waals surface area contributed by atoms with E-state index in [-0.39, 0.29) is 4.90 Å². The van der Waals surface area contributed by atoms with Crippen LogP contribution in [0.1, 0.15) is 5.56 Å². The first-order chi connectivity index (χ1) is 10.5. The van der Waals surface area contributed by atoms with Crippen LogP contribution >= 0.6 is 0 Å². The summed E-state index contributed by atoms with van der Waals surface area (Å²) in [5.41, 5.74) is 1.96. The number of aryl methyl sites for hydroxylation is 1. The van der Waals surface area contributed by atoms with Gasteiger partial charge in [-0.2, -0.15) is 0 Å². The third-order valence-electron chi connectivity index (χ3n) is 3.15. The minimum atomic E-state index is -3.79. The Morgan fingerprint density at radius 1 is 1.00 bits per heavy atom. The van der Waals surface area contributed by atoms with Crippen molar-refractivity contribution in [1.29, 1.82) is 0 Å². The van der Waals surface area contributed by atoms with Gasteiger partial charge in [0.05, 0.1) is 21.6 Å². The van der Waals surface area contributed by atoms with E-state index in [0.717, 1.165) is 6.07 Å². The fourth-order valence-electron chi connectivity index (χ4n) is 2.15. The summed E-state index contributed by atoms with van der Waals surface area (Å²) in [6.07, 6.45) is 3.10. The zero-order valence-electron chi connectivity index (χ0n) is 11.6. The molecule has 0 unspecified atom stereocenters. The van der Waals surface area contributed by atoms with Crippen LogP contribution in [0.5, 0.6) is 0 Å². The first kappa shape index (κ1) is 14.4. The molecular formula is C15H12FN3O2S. The van der Waals surface area contributed by atoms with Gasteiger partial charge in [0.2, 0.25) is 0 Å². The highest BCUT2D eigenvalue weighted by Gasteiger charge is 2.17. The zero-order valence-corrected chi connectivity index (χ0v) is 12.4. The molecule has 1 aromatic heterocycles. The number of nitrogens with zero attached hydrogens (tertiary/aromatic N) is 2. The van der Waals surface area contributed by atoms with Gasteiger partial charge < -0.3 is 0 Å². The lowest BCUT2D eigenvalue weighted by Crippen LogP contribution is -2.14. The molecule has 3 rings (SSSR count). The summed E-state index contributed by atoms with van der Waals surface area (Å²) in [6, 6.07) is 8.42. The summed E-state index contributed by atoms with van der Waals surface area (Å²) < 4.78 is 40.4. The molecular weight excluding hydrogens is 305 g/mol. The zero-order chi connectivity index (χ0) is 15.7. The smallest absolute Gasteiger partial charge is 0.262 e. The van der Waals surface area contributed by atoms with Crippen molar-refractivity contribution in [2.45, 2.75) is 11.8 Å². The topological polar surface area (TPSA) is 72.0 Å². The van der Waals surface area contributed by atoms with Crippen LogP contribution in [0.3, 0.4) is 0 Å². The van der Waals surface area contributed by atoms with E-state index >= 15 is 0 Å². The van der Waals surface area contributed by atoms with Gasteiger partial charge in [-0.05, 0) is 48.9 Å². The average molecular weight is 317 g/mol. The lowest BCUT2D eigenvalue weighted by atomic mass is 10.2. The lowest BCUT2D eigenvalue weighted by Gasteiger charge is -2.10. The number of hydrogen-bond acceptors (Lipinski definition) is 4. The van der Waals surface area contributed by atoms with E-state index < -0.39 is 15.8 Å². The maximum atomic E-state index is 13.1. The van der Waals surface area contributed by atoms with Crippen molar-refractivity contribution >= 4 is 26.7 Å². The molecule has 0 bridgehead atoms. The molecule has 0 radical (unpaired) electrons. The van der Waals surface area contributed by atoms with Crippen LogP contribution in [0, 0.1) is 12.7 Å². The third kappa shape index (κ3) is 2.75. The molecule has 1 heterocycles. The van der Waals surface area contributed by atoms with Crippen LogP contribution in [0.4, 0.5) is 10.1 Å². The summed E-state index contributed by atoms with van der Waals surface area (Å²) in [6.45, 7) is 1.55. The Balaban J connectivity index is 1.99. The Labute approximate surface area is 126 Å². The number of anilines is 1. The minimum absolute atomic E-state index is 0.0353. The van der Waals surface area contributed by atoms with Crippen molar-refractivity contribution in [3.05, 3.63) is 60.2 Å². The Morgan fingerprint density at radius 2 is 1.73 bits per heavy atom. The van der Waals surface area contributed by atoms with Gasteiger partial charge in [0, 0.05) is 12.4 Å². The molecule has 0 saturated carbocycles. The number of hydrogen-bond donors (Lipinski definition) is 1. The summed E-state index contributed by atoms with van der Waals surface area (Å²) in [4.78, 5) is 8.28. The number of sulfonamides is 1. The lowest BCUT2D eigenvalue weighted by molar-refractivity contribution is 0.598. The highest BCUT2D eigenvalue weighted by molar-refractivity contribution is 7.92. The van der Waals surface area contributed by atoms with Crippen LogP contribution in [0.25, 0.3) is 11.0 Å². The number of halogens is 1. The second-order valence-corrected chi connectivity index (χ2v) is 6.43. The monoisotopic (exact) mass is 317 g/mol. The Bertz CT molecular complexity index is 958. The van der Waals surface area contributed by atoms with Crippen molar-refractivity contribution in [3.63, 3.8) is 0 Å². The summed E-state index contributed by atoms with van der Waals surface area (Å²) in [5.74, 6) is -0.475. The van der Waals surface area contributed by atoms with E-state index in [0.29, 0.717) is 22.3 Å². The van der Waals surface area contributed by atoms with Gasteiger partial charge in [0.1, 0.15) is 5.82 Å². The molecule has 5 nitrogen and oxygen atoms in total. The van der Waals surface area contributed by atoms with Gasteiger partial charge in [-0.3, -0.25) is 14.7 Å². The first-order valence-corrected chi connectivity index (χ1v) is 7.94. The molecule has 3 aromatic rings. The predicted molar refractivity (Wildman–Crippen MR) is 81.5 cm³/mol. The van der Waals surface area contributed by atoms with Crippen molar-refractivity contribution in [1.82, 2.24) is 9.97 Å². The standard InChI is InChI=1S/C15H12FN3O2S/c1-10-8-11(16)2-5-15(10)22(20,21)19-12-3-4-13-14(9-12)18-7-6-17-13/h2-9,19H,1H3. The summed E-state index contributed by atoms with van der Waals surface area (Å²) in [7, 11) is -3.79. The third-order valence-corrected chi connectivity index (χ3v) is 4.69. The fraction of sp³-hybridized carbons (Fsp3) is 0.0667. The largest absolute Gasteiger partial charge is 0.280 e. The van der Waals surface area contributed by atoms with Crippen LogP contribution in [-0.4, -0.2) is 18.4 Å². The molecule has 0 aliphatic carbocycles. The molecule has 0 amide bonds. The summed E-state index contributed by atoms with van der Waals surface area (Å²) >= 11 is 0. The van der Waals surface area contributed by atoms with Crippen LogP contribution < -0.4 is 4.72 Å². The Hall–Kier alpha value is -2.54. The van der Waals surface area contributed by atoms with Gasteiger partial charge >= 0.3 is 0 Å². The van der Waals surface area contributed by atoms with Crippen LogP contribution in [0.15, 0.2) is 53.7 Å². The normalized spacial score (nSPS) is 11.5. The predicted octanol–water partition coefficient (Wildman–Crippen LogP) is 2.88. The highest BCUT2D eigenvalue weighted by atomic mass is 32.2. The number of aromatic nitrogens is 2. The number of fused-ring (bicyclic) bond motifs is 1. The van der Waals surface area contributed by atoms with E-state index in [1.165, 1.54) is 18.3 Å². The number of benzene rings is 2. The molecule has 0 aliphatic heterocycles. The second kappa shape index (κ2) is 5.34. The van der Waals surface area contributed by atoms with E-state index in [1.54, 1.807) is 31.3 Å². The molecule has 0 saturated heterocycles. The molecule has 7 heteroatoms. The number of rotatable bonds is 3. The molecule has 1 N–H and O–H groups in total. The first-order valence-electron chi connectivity index (χ1n) is 6.45. The van der Waals surface area contributed by atoms with Crippen molar-refractivity contribution in [2.24, 2.45) is 0 Å². The van der Waals surface area contributed by atoms with Gasteiger partial charge in [-0.25, -0.2) is 12.8 Å². The maximum Gasteiger partial charge on any atom is 0.262 e. The minimum Gasteiger partial charge on any atom is -0.280 e. The molecule has 22 heavy (non-hydrogen) atoms. The molecule has 0 aliphatic rings. The van der Waals surface area contributed by atoms with E-state index in [2.05, 4.69) is 14.7 Å². The maximum absolute atomic E-state index is 13.1. The van der Waals surface area contributed by atoms with Crippen molar-refractivity contribution in [3.8, 4) is 0 Å². The van der Waals surface area contributed by atoms with Gasteiger partial charge in [-0.1, -0.05) is 0 Å². The van der Waals surface area contributed by atoms with Crippen molar-refractivity contribution < 1.29 is 12.8 Å². The Kier molecular flexibility index (Phi) is 3.50. The van der Waals surface area contributed by atoms with Gasteiger partial charge in [0.25, 0.3) is 10.0 Å². The highest BCUT2D eigenvalue weighted by Crippen LogP contribution is 2.22. The quantitative estimate of drug-likeness (QED) is 0.806. The SMILES string of the molecule is Cc1cc(F)ccc1S(=O)(=O)Nc1ccc2nccnc2c1. The van der Waals surface area contributed by atoms with Gasteiger partial charge in [0.15, 0.2) is 0 Å². The fourth-order valence-corrected chi connectivity index (χ4v) is 3.43. The molecule has 0 spiro atoms. The molecule has 112 valence electrons. The Morgan fingerprint density at radius 3 is 2.45 bits per heavy atom. The van der Waals surface area contributed by atoms with Crippen LogP contribution in [0.2, 0.25) is 0 Å². The van der Waals surface area contributed by atoms with Crippen molar-refractivity contribution in [2.75, 3.05) is 4.72 Å². The molecule has 2 aromatic carbocycles.